The summed E-state index contributed by atoms with van der Waals surface area (Å²) in [6.45, 7) is 8.11. The van der Waals surface area contributed by atoms with Gasteiger partial charge in [0.1, 0.15) is 0 Å². The van der Waals surface area contributed by atoms with Gasteiger partial charge >= 0.3 is 0 Å². The molecule has 1 aliphatic heterocycles. The molecular formula is C8H18OS. The molecule has 62 valence electrons. The molecule has 0 bridgehead atoms. The average molecular weight is 162 g/mol. The zero-order valence-corrected chi connectivity index (χ0v) is 8.04. The van der Waals surface area contributed by atoms with Gasteiger partial charge in [0.2, 0.25) is 0 Å². The van der Waals surface area contributed by atoms with Crippen molar-refractivity contribution in [2.45, 2.75) is 20.8 Å². The van der Waals surface area contributed by atoms with E-state index in [-0.39, 0.29) is 0 Å². The topological polar surface area (TPSA) is 9.23 Å². The normalized spacial score (nSPS) is 19.1. The Morgan fingerprint density at radius 3 is 2.00 bits per heavy atom. The summed E-state index contributed by atoms with van der Waals surface area (Å²) in [6.07, 6.45) is 0. The van der Waals surface area contributed by atoms with Crippen molar-refractivity contribution in [1.82, 2.24) is 0 Å². The second kappa shape index (κ2) is 7.29. The second-order valence-electron chi connectivity index (χ2n) is 1.79. The van der Waals surface area contributed by atoms with Gasteiger partial charge in [0.05, 0.1) is 13.2 Å². The van der Waals surface area contributed by atoms with E-state index in [9.17, 15) is 0 Å². The number of ether oxygens (including phenoxy) is 1. The molecule has 1 fully saturated rings. The highest BCUT2D eigenvalue weighted by molar-refractivity contribution is 8.15. The van der Waals surface area contributed by atoms with Crippen molar-refractivity contribution in [2.75, 3.05) is 24.7 Å². The molecule has 0 saturated carbocycles. The van der Waals surface area contributed by atoms with Crippen LogP contribution in [-0.2, 0) is 4.74 Å². The van der Waals surface area contributed by atoms with E-state index in [0.29, 0.717) is 10.5 Å². The lowest BCUT2D eigenvalue weighted by atomic mass is 10.8. The second-order valence-corrected chi connectivity index (χ2v) is 4.16. The fraction of sp³-hybridized carbons (Fsp3) is 0.875. The first-order chi connectivity index (χ1) is 4.93. The molecule has 1 rings (SSSR count). The molecule has 0 atom stereocenters. The van der Waals surface area contributed by atoms with Gasteiger partial charge in [0.25, 0.3) is 0 Å². The molecule has 10 heavy (non-hydrogen) atoms. The number of hydrogen-bond donors (Lipinski definition) is 0. The Hall–Kier alpha value is 0.180. The van der Waals surface area contributed by atoms with Crippen molar-refractivity contribution >= 4 is 15.9 Å². The number of hydrogen-bond acceptors (Lipinski definition) is 1. The summed E-state index contributed by atoms with van der Waals surface area (Å²) < 4.78 is 5.19. The first kappa shape index (κ1) is 10.2. The summed E-state index contributed by atoms with van der Waals surface area (Å²) in [5.41, 5.74) is 0. The van der Waals surface area contributed by atoms with Crippen LogP contribution in [0.2, 0.25) is 0 Å². The fourth-order valence-corrected chi connectivity index (χ4v) is 2.11. The van der Waals surface area contributed by atoms with E-state index in [1.807, 2.05) is 13.8 Å². The van der Waals surface area contributed by atoms with Gasteiger partial charge in [-0.25, -0.2) is 0 Å². The smallest absolute Gasteiger partial charge is 0.0552 e. The Kier molecular flexibility index (Phi) is 7.42. The van der Waals surface area contributed by atoms with E-state index in [2.05, 4.69) is 12.3 Å². The van der Waals surface area contributed by atoms with E-state index in [1.165, 1.54) is 11.5 Å². The van der Waals surface area contributed by atoms with Gasteiger partial charge in [0, 0.05) is 11.5 Å². The quantitative estimate of drug-likeness (QED) is 0.496. The average Bonchev–Trinajstić information content (AvgIpc) is 2.10. The predicted octanol–water partition coefficient (Wildman–Crippen LogP) is 2.13. The number of rotatable bonds is 0. The van der Waals surface area contributed by atoms with Crippen molar-refractivity contribution in [2.24, 2.45) is 0 Å². The fourth-order valence-electron chi connectivity index (χ4n) is 0.772. The van der Waals surface area contributed by atoms with E-state index >= 15 is 0 Å². The summed E-state index contributed by atoms with van der Waals surface area (Å²) in [7, 11) is 0.598. The van der Waals surface area contributed by atoms with Crippen molar-refractivity contribution in [3.05, 3.63) is 0 Å². The molecule has 0 aliphatic carbocycles. The zero-order chi connectivity index (χ0) is 7.82. The Labute approximate surface area is 66.7 Å². The SMILES string of the molecule is CC.CC=S1CCOCC1. The molecule has 1 aliphatic rings. The van der Waals surface area contributed by atoms with Crippen molar-refractivity contribution in [3.8, 4) is 0 Å². The summed E-state index contributed by atoms with van der Waals surface area (Å²) in [5.74, 6) is 2.52. The lowest BCUT2D eigenvalue weighted by Gasteiger charge is -2.14. The van der Waals surface area contributed by atoms with Crippen LogP contribution < -0.4 is 0 Å². The van der Waals surface area contributed by atoms with Crippen LogP contribution in [-0.4, -0.2) is 30.1 Å². The highest BCUT2D eigenvalue weighted by atomic mass is 32.2. The van der Waals surface area contributed by atoms with E-state index in [1.54, 1.807) is 0 Å². The predicted molar refractivity (Wildman–Crippen MR) is 51.2 cm³/mol. The largest absolute Gasteiger partial charge is 0.380 e. The summed E-state index contributed by atoms with van der Waals surface area (Å²) in [6, 6.07) is 0. The maximum atomic E-state index is 5.19. The van der Waals surface area contributed by atoms with E-state index in [4.69, 9.17) is 4.74 Å². The molecule has 0 N–H and O–H groups in total. The lowest BCUT2D eigenvalue weighted by Crippen LogP contribution is -2.11. The molecule has 0 aromatic heterocycles. The maximum Gasteiger partial charge on any atom is 0.0552 e. The van der Waals surface area contributed by atoms with E-state index < -0.39 is 0 Å². The van der Waals surface area contributed by atoms with Crippen LogP contribution in [0, 0.1) is 0 Å². The van der Waals surface area contributed by atoms with Crippen LogP contribution in [0.15, 0.2) is 0 Å². The molecule has 0 aromatic carbocycles. The molecule has 0 amide bonds. The molecule has 1 nitrogen and oxygen atoms in total. The highest BCUT2D eigenvalue weighted by Crippen LogP contribution is 2.14. The van der Waals surface area contributed by atoms with Gasteiger partial charge in [-0.2, -0.15) is 10.5 Å². The van der Waals surface area contributed by atoms with Crippen LogP contribution in [0.4, 0.5) is 0 Å². The molecule has 1 saturated heterocycles. The van der Waals surface area contributed by atoms with Crippen LogP contribution in [0.1, 0.15) is 20.8 Å². The molecule has 1 heterocycles. The van der Waals surface area contributed by atoms with Gasteiger partial charge in [-0.15, -0.1) is 0 Å². The third-order valence-electron chi connectivity index (χ3n) is 1.31. The first-order valence-corrected chi connectivity index (χ1v) is 5.59. The summed E-state index contributed by atoms with van der Waals surface area (Å²) in [4.78, 5) is 0. The van der Waals surface area contributed by atoms with Crippen LogP contribution >= 0.6 is 10.5 Å². The van der Waals surface area contributed by atoms with Gasteiger partial charge in [0.15, 0.2) is 0 Å². The monoisotopic (exact) mass is 162 g/mol. The van der Waals surface area contributed by atoms with Crippen molar-refractivity contribution in [3.63, 3.8) is 0 Å². The molecule has 0 radical (unpaired) electrons. The van der Waals surface area contributed by atoms with E-state index in [0.717, 1.165) is 13.2 Å². The van der Waals surface area contributed by atoms with Crippen molar-refractivity contribution in [1.29, 1.82) is 0 Å². The Balaban J connectivity index is 0.000000371. The lowest BCUT2D eigenvalue weighted by molar-refractivity contribution is 0.161. The molecular weight excluding hydrogens is 144 g/mol. The minimum atomic E-state index is 0.598. The third kappa shape index (κ3) is 4.07. The van der Waals surface area contributed by atoms with Gasteiger partial charge in [-0.1, -0.05) is 19.2 Å². The third-order valence-corrected chi connectivity index (χ3v) is 3.36. The van der Waals surface area contributed by atoms with Crippen LogP contribution in [0.3, 0.4) is 0 Å². The minimum Gasteiger partial charge on any atom is -0.380 e. The zero-order valence-electron chi connectivity index (χ0n) is 7.22. The van der Waals surface area contributed by atoms with Gasteiger partial charge in [-0.05, 0) is 6.92 Å². The summed E-state index contributed by atoms with van der Waals surface area (Å²) >= 11 is 0. The summed E-state index contributed by atoms with van der Waals surface area (Å²) in [5, 5.41) is 2.31. The Morgan fingerprint density at radius 2 is 1.70 bits per heavy atom. The minimum absolute atomic E-state index is 0.598. The Bertz CT molecular complexity index is 91.4. The van der Waals surface area contributed by atoms with Gasteiger partial charge in [-0.3, -0.25) is 0 Å². The first-order valence-electron chi connectivity index (χ1n) is 3.97. The standard InChI is InChI=1S/C6H12OS.C2H6/c1-2-8-5-3-7-4-6-8;1-2/h2H,3-6H2,1H3;1-2H3. The molecule has 0 unspecified atom stereocenters. The highest BCUT2D eigenvalue weighted by Gasteiger charge is 2.00. The van der Waals surface area contributed by atoms with Crippen LogP contribution in [0.25, 0.3) is 0 Å². The molecule has 2 heteroatoms. The molecule has 0 aromatic rings. The van der Waals surface area contributed by atoms with Crippen LogP contribution in [0.5, 0.6) is 0 Å². The maximum absolute atomic E-state index is 5.19. The molecule has 0 spiro atoms. The van der Waals surface area contributed by atoms with Gasteiger partial charge < -0.3 is 4.74 Å². The van der Waals surface area contributed by atoms with Crippen molar-refractivity contribution < 1.29 is 4.74 Å². The Morgan fingerprint density at radius 1 is 1.20 bits per heavy atom.